The topological polar surface area (TPSA) is 76.7 Å². The lowest BCUT2D eigenvalue weighted by Gasteiger charge is -2.28. The van der Waals surface area contributed by atoms with Crippen LogP contribution in [0.2, 0.25) is 5.02 Å². The maximum Gasteiger partial charge on any atom is 0.516 e. The number of aryl methyl sites for hydroxylation is 2. The standard InChI is InChI=1S/C29H27ClF3N3O4S/c1-18-13-26(34-11-4-5-12-34)19(2)27-24-14-20(30)9-10-25(24)35(28(18)27)16-22(37)17-36(41(38,39)29(31,32)33)21-7-6-8-23(15-21)40-3/h4-15,22,37H,16-17H2,1-3H3. The number of nitrogens with zero attached hydrogens (tertiary/aromatic N) is 3. The number of aliphatic hydroxyl groups excluding tert-OH is 1. The number of hydrogen-bond acceptors (Lipinski definition) is 4. The molecule has 216 valence electrons. The number of aromatic nitrogens is 2. The van der Waals surface area contributed by atoms with Gasteiger partial charge in [0, 0.05) is 45.5 Å². The quantitative estimate of drug-likeness (QED) is 0.217. The minimum atomic E-state index is -5.84. The van der Waals surface area contributed by atoms with Gasteiger partial charge in [-0.1, -0.05) is 17.7 Å². The van der Waals surface area contributed by atoms with Gasteiger partial charge >= 0.3 is 15.5 Å². The number of alkyl halides is 3. The van der Waals surface area contributed by atoms with Gasteiger partial charge in [-0.05, 0) is 73.5 Å². The van der Waals surface area contributed by atoms with Crippen molar-refractivity contribution in [1.29, 1.82) is 0 Å². The molecule has 5 aromatic rings. The van der Waals surface area contributed by atoms with Gasteiger partial charge < -0.3 is 19.0 Å². The SMILES string of the molecule is COc1cccc(N(CC(O)Cn2c3ccc(Cl)cc3c3c(C)c(-n4cccc4)cc(C)c32)S(=O)(=O)C(F)(F)F)c1. The zero-order valence-corrected chi connectivity index (χ0v) is 23.9. The molecule has 3 aromatic carbocycles. The summed E-state index contributed by atoms with van der Waals surface area (Å²) in [5, 5.41) is 13.4. The minimum absolute atomic E-state index is 0.170. The van der Waals surface area contributed by atoms with Crippen molar-refractivity contribution in [2.45, 2.75) is 32.0 Å². The van der Waals surface area contributed by atoms with Gasteiger partial charge in [-0.15, -0.1) is 0 Å². The Bertz CT molecular complexity index is 1850. The fourth-order valence-electron chi connectivity index (χ4n) is 5.27. The summed E-state index contributed by atoms with van der Waals surface area (Å²) in [6.07, 6.45) is 2.34. The van der Waals surface area contributed by atoms with Crippen LogP contribution in [-0.2, 0) is 16.6 Å². The third-order valence-corrected chi connectivity index (χ3v) is 8.85. The molecule has 41 heavy (non-hydrogen) atoms. The third-order valence-electron chi connectivity index (χ3n) is 7.09. The molecular weight excluding hydrogens is 579 g/mol. The van der Waals surface area contributed by atoms with Gasteiger partial charge in [-0.25, -0.2) is 0 Å². The average molecular weight is 606 g/mol. The first-order valence-corrected chi connectivity index (χ1v) is 14.4. The molecule has 1 unspecified atom stereocenters. The number of aliphatic hydroxyl groups is 1. The summed E-state index contributed by atoms with van der Waals surface area (Å²) in [6.45, 7) is 2.86. The van der Waals surface area contributed by atoms with Crippen molar-refractivity contribution in [3.8, 4) is 11.4 Å². The Morgan fingerprint density at radius 2 is 1.76 bits per heavy atom. The number of ether oxygens (including phenoxy) is 1. The van der Waals surface area contributed by atoms with E-state index in [-0.39, 0.29) is 22.3 Å². The summed E-state index contributed by atoms with van der Waals surface area (Å²) in [7, 11) is -4.52. The molecule has 1 atom stereocenters. The van der Waals surface area contributed by atoms with E-state index < -0.39 is 28.2 Å². The van der Waals surface area contributed by atoms with Gasteiger partial charge in [-0.3, -0.25) is 4.31 Å². The van der Waals surface area contributed by atoms with E-state index in [1.54, 1.807) is 16.7 Å². The highest BCUT2D eigenvalue weighted by Gasteiger charge is 2.50. The van der Waals surface area contributed by atoms with Crippen LogP contribution in [0.15, 0.2) is 73.1 Å². The summed E-state index contributed by atoms with van der Waals surface area (Å²) in [5.41, 5.74) is -1.64. The summed E-state index contributed by atoms with van der Waals surface area (Å²) < 4.78 is 75.5. The van der Waals surface area contributed by atoms with Gasteiger partial charge in [0.25, 0.3) is 0 Å². The second-order valence-electron chi connectivity index (χ2n) is 9.76. The molecule has 0 amide bonds. The fourth-order valence-corrected chi connectivity index (χ4v) is 6.45. The van der Waals surface area contributed by atoms with Gasteiger partial charge in [0.15, 0.2) is 0 Å². The van der Waals surface area contributed by atoms with Crippen molar-refractivity contribution in [2.24, 2.45) is 0 Å². The highest BCUT2D eigenvalue weighted by atomic mass is 35.5. The summed E-state index contributed by atoms with van der Waals surface area (Å²) in [5.74, 6) is 0.170. The highest BCUT2D eigenvalue weighted by molar-refractivity contribution is 7.93. The molecule has 0 aliphatic rings. The van der Waals surface area contributed by atoms with E-state index in [1.165, 1.54) is 31.4 Å². The molecule has 2 heterocycles. The molecule has 12 heteroatoms. The number of methoxy groups -OCH3 is 1. The first kappa shape index (κ1) is 28.8. The average Bonchev–Trinajstić information content (AvgIpc) is 3.56. The zero-order valence-electron chi connectivity index (χ0n) is 22.4. The lowest BCUT2D eigenvalue weighted by atomic mass is 10.0. The number of anilines is 1. The first-order valence-electron chi connectivity index (χ1n) is 12.6. The Balaban J connectivity index is 1.63. The van der Waals surface area contributed by atoms with E-state index in [4.69, 9.17) is 16.3 Å². The number of sulfonamides is 1. The van der Waals surface area contributed by atoms with E-state index in [9.17, 15) is 26.7 Å². The monoisotopic (exact) mass is 605 g/mol. The Kier molecular flexibility index (Phi) is 7.47. The second kappa shape index (κ2) is 10.6. The van der Waals surface area contributed by atoms with E-state index in [0.717, 1.165) is 33.1 Å². The lowest BCUT2D eigenvalue weighted by molar-refractivity contribution is -0.0440. The van der Waals surface area contributed by atoms with Crippen LogP contribution in [0.4, 0.5) is 18.9 Å². The number of hydrogen-bond donors (Lipinski definition) is 1. The smallest absolute Gasteiger partial charge is 0.497 e. The molecule has 7 nitrogen and oxygen atoms in total. The van der Waals surface area contributed by atoms with Crippen LogP contribution in [0.25, 0.3) is 27.5 Å². The van der Waals surface area contributed by atoms with Crippen LogP contribution in [0.5, 0.6) is 5.75 Å². The Labute approximate surface area is 240 Å². The van der Waals surface area contributed by atoms with Crippen LogP contribution in [-0.4, -0.2) is 47.9 Å². The predicted octanol–water partition coefficient (Wildman–Crippen LogP) is 6.58. The van der Waals surface area contributed by atoms with Crippen molar-refractivity contribution in [1.82, 2.24) is 9.13 Å². The molecule has 0 radical (unpaired) electrons. The number of rotatable bonds is 8. The fraction of sp³-hybridized carbons (Fsp3) is 0.241. The van der Waals surface area contributed by atoms with Crippen molar-refractivity contribution in [3.05, 3.63) is 89.2 Å². The maximum absolute atomic E-state index is 13.7. The molecule has 5 rings (SSSR count). The Morgan fingerprint density at radius 1 is 1.05 bits per heavy atom. The number of fused-ring (bicyclic) bond motifs is 3. The minimum Gasteiger partial charge on any atom is -0.497 e. The molecule has 1 N–H and O–H groups in total. The van der Waals surface area contributed by atoms with E-state index >= 15 is 0 Å². The van der Waals surface area contributed by atoms with Crippen molar-refractivity contribution >= 4 is 49.1 Å². The van der Waals surface area contributed by atoms with Crippen molar-refractivity contribution in [2.75, 3.05) is 18.0 Å². The molecular formula is C29H27ClF3N3O4S. The summed E-state index contributed by atoms with van der Waals surface area (Å²) in [4.78, 5) is 0. The van der Waals surface area contributed by atoms with E-state index in [0.29, 0.717) is 10.5 Å². The largest absolute Gasteiger partial charge is 0.516 e. The third kappa shape index (κ3) is 5.13. The molecule has 0 spiro atoms. The normalized spacial score (nSPS) is 13.2. The zero-order chi connectivity index (χ0) is 29.7. The predicted molar refractivity (Wildman–Crippen MR) is 155 cm³/mol. The van der Waals surface area contributed by atoms with Crippen LogP contribution in [0, 0.1) is 13.8 Å². The lowest BCUT2D eigenvalue weighted by Crippen LogP contribution is -2.45. The molecule has 0 bridgehead atoms. The van der Waals surface area contributed by atoms with E-state index in [1.807, 2.05) is 55.1 Å². The van der Waals surface area contributed by atoms with Gasteiger partial charge in [0.05, 0.1) is 37.5 Å². The molecule has 0 saturated heterocycles. The molecule has 0 fully saturated rings. The van der Waals surface area contributed by atoms with Crippen molar-refractivity contribution in [3.63, 3.8) is 0 Å². The summed E-state index contributed by atoms with van der Waals surface area (Å²) in [6, 6.07) is 16.4. The summed E-state index contributed by atoms with van der Waals surface area (Å²) >= 11 is 6.37. The van der Waals surface area contributed by atoms with Crippen LogP contribution >= 0.6 is 11.6 Å². The first-order chi connectivity index (χ1) is 19.3. The van der Waals surface area contributed by atoms with Crippen LogP contribution < -0.4 is 9.04 Å². The van der Waals surface area contributed by atoms with Gasteiger partial charge in [0.2, 0.25) is 0 Å². The number of benzene rings is 3. The molecule has 0 aliphatic heterocycles. The van der Waals surface area contributed by atoms with E-state index in [2.05, 4.69) is 0 Å². The Hall–Kier alpha value is -3.67. The van der Waals surface area contributed by atoms with Crippen molar-refractivity contribution < 1.29 is 31.4 Å². The molecule has 2 aromatic heterocycles. The molecule has 0 saturated carbocycles. The molecule has 0 aliphatic carbocycles. The number of halogens is 4. The highest BCUT2D eigenvalue weighted by Crippen LogP contribution is 2.38. The van der Waals surface area contributed by atoms with Gasteiger partial charge in [-0.2, -0.15) is 21.6 Å². The van der Waals surface area contributed by atoms with Crippen LogP contribution in [0.1, 0.15) is 11.1 Å². The Morgan fingerprint density at radius 3 is 2.41 bits per heavy atom. The van der Waals surface area contributed by atoms with Gasteiger partial charge in [0.1, 0.15) is 5.75 Å². The second-order valence-corrected chi connectivity index (χ2v) is 12.1. The van der Waals surface area contributed by atoms with Crippen LogP contribution in [0.3, 0.4) is 0 Å². The maximum atomic E-state index is 13.7.